The first kappa shape index (κ1) is 22.5. The quantitative estimate of drug-likeness (QED) is 0.386. The fourth-order valence-electron chi connectivity index (χ4n) is 0. The Balaban J connectivity index is -0.00000000381. The zero-order valence-corrected chi connectivity index (χ0v) is 13.9. The van der Waals surface area contributed by atoms with Gasteiger partial charge >= 0.3 is 91.0 Å². The number of hydrogen-bond donors (Lipinski definition) is 3. The van der Waals surface area contributed by atoms with E-state index >= 15 is 0 Å². The van der Waals surface area contributed by atoms with Crippen LogP contribution < -0.4 is 0 Å². The van der Waals surface area contributed by atoms with Crippen molar-refractivity contribution in [2.24, 2.45) is 0 Å². The first-order valence-corrected chi connectivity index (χ1v) is 2.35. The number of rotatable bonds is 0. The summed E-state index contributed by atoms with van der Waals surface area (Å²) >= 11 is 0. The van der Waals surface area contributed by atoms with Crippen molar-refractivity contribution in [2.45, 2.75) is 0 Å². The maximum absolute atomic E-state index is 8.88. The van der Waals surface area contributed by atoms with Crippen LogP contribution in [0, 0.1) is 0 Å². The maximum Gasteiger partial charge on any atom is 2.00 e. The van der Waals surface area contributed by atoms with E-state index in [1.807, 2.05) is 0 Å². The van der Waals surface area contributed by atoms with Gasteiger partial charge in [-0.05, 0) is 0 Å². The second kappa shape index (κ2) is 10.5. The van der Waals surface area contributed by atoms with Crippen molar-refractivity contribution in [3.05, 3.63) is 0 Å². The summed E-state index contributed by atoms with van der Waals surface area (Å²) in [5.74, 6) is 0. The molecule has 0 rings (SSSR count). The molecule has 0 bridgehead atoms. The zero-order chi connectivity index (χ0) is 4.50. The van der Waals surface area contributed by atoms with E-state index in [9.17, 15) is 0 Å². The summed E-state index contributed by atoms with van der Waals surface area (Å²) in [6, 6.07) is 0. The Kier molecular flexibility index (Phi) is 29.5. The van der Waals surface area contributed by atoms with Crippen molar-refractivity contribution in [1.82, 2.24) is 0 Å². The molecule has 0 atom stereocenters. The molecule has 0 radical (unpaired) electrons. The Morgan fingerprint density at radius 1 is 1.25 bits per heavy atom. The van der Waals surface area contributed by atoms with Crippen LogP contribution in [0.25, 0.3) is 0 Å². The molecule has 4 nitrogen and oxygen atoms in total. The van der Waals surface area contributed by atoms with Gasteiger partial charge in [-0.3, -0.25) is 0 Å². The van der Waals surface area contributed by atoms with Crippen LogP contribution in [0.2, 0.25) is 0 Å². The van der Waals surface area contributed by atoms with Gasteiger partial charge in [-0.15, -0.1) is 0 Å². The molecule has 0 aliphatic rings. The molecule has 0 aliphatic heterocycles. The van der Waals surface area contributed by atoms with Crippen LogP contribution in [0.3, 0.4) is 0 Å². The Morgan fingerprint density at radius 3 is 1.25 bits per heavy atom. The SMILES string of the molecule is O=P(O)(O)O.[Ca+2].[H-].[H-].[H-].[H-].[Sr+2].[Zn]. The number of hydrogen-bond acceptors (Lipinski definition) is 1. The van der Waals surface area contributed by atoms with E-state index in [1.165, 1.54) is 0 Å². The predicted molar refractivity (Wildman–Crippen MR) is 30.2 cm³/mol. The Bertz CT molecular complexity index is 73.2. The second-order valence-electron chi connectivity index (χ2n) is 0.513. The van der Waals surface area contributed by atoms with Gasteiger partial charge in [0.25, 0.3) is 0 Å². The minimum atomic E-state index is -4.64. The normalized spacial score (nSPS) is 7.38. The third-order valence-electron chi connectivity index (χ3n) is 0. The standard InChI is InChI=1S/Ca.H3O4P.Sr.Zn.4H/c;1-5(2,3)4;;;;;;/h;(H3,1,2,3,4);;;;;;/q+2;;+2;;4*-1. The van der Waals surface area contributed by atoms with E-state index in [1.54, 1.807) is 0 Å². The van der Waals surface area contributed by atoms with Crippen molar-refractivity contribution in [3.63, 3.8) is 0 Å². The number of phosphoric acid groups is 1. The van der Waals surface area contributed by atoms with Crippen molar-refractivity contribution in [3.8, 4) is 0 Å². The van der Waals surface area contributed by atoms with E-state index in [0.29, 0.717) is 0 Å². The van der Waals surface area contributed by atoms with Gasteiger partial charge in [0.1, 0.15) is 0 Å². The Hall–Kier alpha value is 3.47. The van der Waals surface area contributed by atoms with Crippen LogP contribution in [0.15, 0.2) is 0 Å². The van der Waals surface area contributed by atoms with E-state index in [4.69, 9.17) is 19.2 Å². The predicted octanol–water partition coefficient (Wildman–Crippen LogP) is -1.24. The summed E-state index contributed by atoms with van der Waals surface area (Å²) in [7, 11) is -4.64. The van der Waals surface area contributed by atoms with E-state index < -0.39 is 7.82 Å². The minimum absolute atomic E-state index is 0. The van der Waals surface area contributed by atoms with E-state index in [-0.39, 0.29) is 108 Å². The molecule has 0 saturated carbocycles. The third kappa shape index (κ3) is 56.4. The monoisotopic (exact) mass is 294 g/mol. The van der Waals surface area contributed by atoms with Crippen molar-refractivity contribution in [1.29, 1.82) is 0 Å². The van der Waals surface area contributed by atoms with Gasteiger partial charge in [-0.1, -0.05) is 0 Å². The molecular formula is H7CaO4PSrZn. The Morgan fingerprint density at radius 2 is 1.25 bits per heavy atom. The fourth-order valence-corrected chi connectivity index (χ4v) is 0. The van der Waals surface area contributed by atoms with Crippen molar-refractivity contribution < 1.29 is 44.4 Å². The fraction of sp³-hybridized carbons (Fsp3) is 0. The molecule has 0 amide bonds. The minimum Gasteiger partial charge on any atom is -1.00 e. The molecule has 0 unspecified atom stereocenters. The van der Waals surface area contributed by atoms with Gasteiger partial charge in [0.05, 0.1) is 0 Å². The summed E-state index contributed by atoms with van der Waals surface area (Å²) < 4.78 is 8.88. The molecule has 0 heterocycles. The summed E-state index contributed by atoms with van der Waals surface area (Å²) in [6.07, 6.45) is 0. The second-order valence-corrected chi connectivity index (χ2v) is 1.54. The molecule has 8 heteroatoms. The molecule has 0 saturated heterocycles. The molecule has 3 N–H and O–H groups in total. The van der Waals surface area contributed by atoms with Gasteiger partial charge in [-0.25, -0.2) is 4.57 Å². The molecule has 8 heavy (non-hydrogen) atoms. The summed E-state index contributed by atoms with van der Waals surface area (Å²) in [6.45, 7) is 0. The first-order chi connectivity index (χ1) is 2.00. The zero-order valence-electron chi connectivity index (χ0n) is 8.32. The molecule has 0 aromatic carbocycles. The molecular weight excluding hydrogens is 288 g/mol. The van der Waals surface area contributed by atoms with Gasteiger partial charge in [0, 0.05) is 19.5 Å². The molecule has 0 spiro atoms. The molecule has 42 valence electrons. The van der Waals surface area contributed by atoms with Crippen LogP contribution in [0.5, 0.6) is 0 Å². The van der Waals surface area contributed by atoms with Crippen LogP contribution >= 0.6 is 7.82 Å². The van der Waals surface area contributed by atoms with E-state index in [2.05, 4.69) is 0 Å². The first-order valence-electron chi connectivity index (χ1n) is 0.783. The summed E-state index contributed by atoms with van der Waals surface area (Å²) in [5, 5.41) is 0. The smallest absolute Gasteiger partial charge is 1.00 e. The van der Waals surface area contributed by atoms with Crippen LogP contribution in [0.1, 0.15) is 5.71 Å². The third-order valence-corrected chi connectivity index (χ3v) is 0. The molecule has 0 aromatic rings. The van der Waals surface area contributed by atoms with E-state index in [0.717, 1.165) is 0 Å². The Labute approximate surface area is 133 Å². The molecule has 0 aliphatic carbocycles. The van der Waals surface area contributed by atoms with Gasteiger partial charge in [0.15, 0.2) is 0 Å². The van der Waals surface area contributed by atoms with Gasteiger partial charge < -0.3 is 20.4 Å². The summed E-state index contributed by atoms with van der Waals surface area (Å²) in [5.41, 5.74) is 0. The average molecular weight is 295 g/mol. The molecule has 0 fully saturated rings. The van der Waals surface area contributed by atoms with Crippen molar-refractivity contribution in [2.75, 3.05) is 0 Å². The van der Waals surface area contributed by atoms with Gasteiger partial charge in [0.2, 0.25) is 0 Å². The van der Waals surface area contributed by atoms with Gasteiger partial charge in [-0.2, -0.15) is 0 Å². The average Bonchev–Trinajstić information content (AvgIpc) is 0.722. The molecule has 0 aromatic heterocycles. The van der Waals surface area contributed by atoms with Crippen LogP contribution in [0.4, 0.5) is 0 Å². The van der Waals surface area contributed by atoms with Crippen molar-refractivity contribution >= 4 is 91.0 Å². The summed E-state index contributed by atoms with van der Waals surface area (Å²) in [4.78, 5) is 21.6. The largest absolute Gasteiger partial charge is 2.00 e. The maximum atomic E-state index is 8.88. The van der Waals surface area contributed by atoms with Crippen LogP contribution in [-0.4, -0.2) is 97.9 Å². The topological polar surface area (TPSA) is 77.8 Å². The van der Waals surface area contributed by atoms with Crippen LogP contribution in [-0.2, 0) is 24.0 Å².